The van der Waals surface area contributed by atoms with Crippen molar-refractivity contribution in [3.05, 3.63) is 13.2 Å². The molecular weight excluding hydrogens is 484 g/mol. The van der Waals surface area contributed by atoms with Crippen molar-refractivity contribution in [2.45, 2.75) is 161 Å². The Kier molecular flexibility index (Phi) is 51.0. The first-order valence-electron chi connectivity index (χ1n) is 14.6. The number of hydrogen-bond donors (Lipinski definition) is 5. The van der Waals surface area contributed by atoms with E-state index < -0.39 is 17.9 Å². The van der Waals surface area contributed by atoms with E-state index in [2.05, 4.69) is 20.1 Å². The maximum Gasteiger partial charge on any atom is 0.303 e. The summed E-state index contributed by atoms with van der Waals surface area (Å²) in [6.45, 7) is 8.27. The van der Waals surface area contributed by atoms with Crippen molar-refractivity contribution >= 4 is 17.9 Å². The van der Waals surface area contributed by atoms with Gasteiger partial charge in [0.05, 0.1) is 0 Å². The minimum absolute atomic E-state index is 0. The summed E-state index contributed by atoms with van der Waals surface area (Å²) in [5.74, 6) is -2.13. The molecule has 0 unspecified atom stereocenters. The van der Waals surface area contributed by atoms with Crippen LogP contribution in [0, 0.1) is 0 Å². The van der Waals surface area contributed by atoms with E-state index in [-0.39, 0.29) is 25.1 Å². The molecule has 230 valence electrons. The lowest BCUT2D eigenvalue weighted by atomic mass is 10.0. The van der Waals surface area contributed by atoms with E-state index in [1.807, 2.05) is 0 Å². The average molecular weight is 549 g/mol. The van der Waals surface area contributed by atoms with E-state index in [0.29, 0.717) is 6.42 Å². The molecule has 0 atom stereocenters. The van der Waals surface area contributed by atoms with Crippen molar-refractivity contribution in [3.63, 3.8) is 0 Å². The van der Waals surface area contributed by atoms with E-state index in [1.165, 1.54) is 83.5 Å². The number of hydrogen-bond acceptors (Lipinski definition) is 5. The summed E-state index contributed by atoms with van der Waals surface area (Å²) in [4.78, 5) is 30.6. The molecule has 38 heavy (non-hydrogen) atoms. The molecule has 0 aliphatic rings. The van der Waals surface area contributed by atoms with Crippen LogP contribution in [0.3, 0.4) is 0 Å². The van der Waals surface area contributed by atoms with Gasteiger partial charge in [0.1, 0.15) is 0 Å². The molecule has 0 saturated carbocycles. The second-order valence-corrected chi connectivity index (χ2v) is 9.50. The molecule has 0 aromatic carbocycles. The Hall–Kier alpha value is -1.93. The molecule has 0 spiro atoms. The van der Waals surface area contributed by atoms with Crippen LogP contribution in [0.25, 0.3) is 0 Å². The Balaban J connectivity index is -0.000000179. The monoisotopic (exact) mass is 548 g/mol. The number of carboxylic acids is 3. The van der Waals surface area contributed by atoms with Crippen LogP contribution in [0.5, 0.6) is 0 Å². The van der Waals surface area contributed by atoms with Gasteiger partial charge in [-0.1, -0.05) is 122 Å². The number of aliphatic carboxylic acids is 3. The summed E-state index contributed by atoms with van der Waals surface area (Å²) >= 11 is 0. The van der Waals surface area contributed by atoms with Crippen molar-refractivity contribution < 1.29 is 29.7 Å². The Morgan fingerprint density at radius 3 is 0.711 bits per heavy atom. The van der Waals surface area contributed by atoms with Gasteiger partial charge >= 0.3 is 17.9 Å². The summed E-state index contributed by atoms with van der Waals surface area (Å²) in [5.41, 5.74) is 0. The van der Waals surface area contributed by atoms with Gasteiger partial charge in [-0.05, 0) is 19.3 Å². The molecule has 0 rings (SSSR count). The smallest absolute Gasteiger partial charge is 0.303 e. The number of rotatable bonds is 25. The minimum atomic E-state index is -0.740. The molecule has 8 heteroatoms. The molecule has 0 saturated heterocycles. The first kappa shape index (κ1) is 46.0. The molecule has 8 nitrogen and oxygen atoms in total. The number of carbonyl (C=O) groups is 3. The fourth-order valence-electron chi connectivity index (χ4n) is 3.91. The van der Waals surface area contributed by atoms with Gasteiger partial charge in [-0.15, -0.1) is 13.2 Å². The van der Waals surface area contributed by atoms with Crippen LogP contribution in [-0.4, -0.2) is 33.2 Å². The second-order valence-electron chi connectivity index (χ2n) is 9.50. The first-order chi connectivity index (χ1) is 17.4. The van der Waals surface area contributed by atoms with Crippen molar-refractivity contribution in [2.24, 2.45) is 0 Å². The zero-order chi connectivity index (χ0) is 27.7. The van der Waals surface area contributed by atoms with Gasteiger partial charge < -0.3 is 27.6 Å². The number of unbranched alkanes of at least 4 members (excludes halogenated alkanes) is 19. The third-order valence-corrected chi connectivity index (χ3v) is 6.03. The van der Waals surface area contributed by atoms with Crippen LogP contribution in [0.2, 0.25) is 0 Å². The van der Waals surface area contributed by atoms with Gasteiger partial charge in [0.2, 0.25) is 0 Å². The van der Waals surface area contributed by atoms with E-state index >= 15 is 0 Å². The minimum Gasteiger partial charge on any atom is -0.481 e. The summed E-state index contributed by atoms with van der Waals surface area (Å²) in [7, 11) is 0. The Morgan fingerprint density at radius 1 is 0.395 bits per heavy atom. The molecule has 9 N–H and O–H groups in total. The first-order valence-corrected chi connectivity index (χ1v) is 14.6. The quantitative estimate of drug-likeness (QED) is 0.0551. The van der Waals surface area contributed by atoms with Crippen molar-refractivity contribution in [3.8, 4) is 0 Å². The molecule has 0 aliphatic carbocycles. The van der Waals surface area contributed by atoms with E-state index in [1.54, 1.807) is 0 Å². The molecule has 0 heterocycles. The fraction of sp³-hybridized carbons (Fsp3) is 0.833. The fourth-order valence-corrected chi connectivity index (χ4v) is 3.91. The molecule has 0 aliphatic heterocycles. The van der Waals surface area contributed by atoms with Crippen LogP contribution < -0.4 is 12.3 Å². The second kappa shape index (κ2) is 42.2. The molecule has 0 radical (unpaired) electrons. The van der Waals surface area contributed by atoms with Gasteiger partial charge in [0.25, 0.3) is 0 Å². The number of carboxylic acid groups (broad SMARTS) is 3. The molecule has 0 amide bonds. The highest BCUT2D eigenvalue weighted by Gasteiger charge is 1.99. The summed E-state index contributed by atoms with van der Waals surface area (Å²) in [6.07, 6.45) is 26.0. The Labute approximate surface area is 234 Å². The predicted octanol–water partition coefficient (Wildman–Crippen LogP) is 9.74. The van der Waals surface area contributed by atoms with Crippen molar-refractivity contribution in [1.29, 1.82) is 0 Å². The molecule has 0 aromatic heterocycles. The SMILES string of the molecule is C=C.CCCCCCCCCCCCCCCCCC(=O)O.N.N.O=C(O)CCCCCCCCC(=O)O. The molecule has 0 fully saturated rings. The summed E-state index contributed by atoms with van der Waals surface area (Å²) in [5, 5.41) is 25.2. The van der Waals surface area contributed by atoms with Crippen molar-refractivity contribution in [1.82, 2.24) is 12.3 Å². The Morgan fingerprint density at radius 2 is 0.553 bits per heavy atom. The maximum absolute atomic E-state index is 10.3. The molecule has 0 bridgehead atoms. The standard InChI is InChI=1S/C18H36O2.C10H18O4.C2H4.2H3N/c1-2-3-4-5-6-7-8-9-10-11-12-13-14-15-16-17-18(19)20;11-9(12)7-5-3-1-2-4-6-8-10(13)14;1-2;;/h2-17H2,1H3,(H,19,20);1-8H2,(H,11,12)(H,13,14);1-2H2;2*1H3. The van der Waals surface area contributed by atoms with Crippen LogP contribution in [0.15, 0.2) is 13.2 Å². The van der Waals surface area contributed by atoms with Gasteiger partial charge in [0, 0.05) is 19.3 Å². The van der Waals surface area contributed by atoms with Crippen LogP contribution >= 0.6 is 0 Å². The van der Waals surface area contributed by atoms with E-state index in [9.17, 15) is 14.4 Å². The lowest BCUT2D eigenvalue weighted by Crippen LogP contribution is -1.94. The van der Waals surface area contributed by atoms with Crippen LogP contribution in [-0.2, 0) is 14.4 Å². The van der Waals surface area contributed by atoms with Gasteiger partial charge in [-0.3, -0.25) is 14.4 Å². The zero-order valence-corrected chi connectivity index (χ0v) is 24.9. The van der Waals surface area contributed by atoms with Crippen molar-refractivity contribution in [2.75, 3.05) is 0 Å². The van der Waals surface area contributed by atoms with E-state index in [0.717, 1.165) is 51.4 Å². The average Bonchev–Trinajstić information content (AvgIpc) is 2.84. The topological polar surface area (TPSA) is 182 Å². The Bertz CT molecular complexity index is 469. The van der Waals surface area contributed by atoms with E-state index in [4.69, 9.17) is 15.3 Å². The lowest BCUT2D eigenvalue weighted by Gasteiger charge is -2.03. The third-order valence-electron chi connectivity index (χ3n) is 6.03. The highest BCUT2D eigenvalue weighted by atomic mass is 16.4. The van der Waals surface area contributed by atoms with Gasteiger partial charge in [0.15, 0.2) is 0 Å². The molecule has 0 aromatic rings. The zero-order valence-electron chi connectivity index (χ0n) is 24.9. The maximum atomic E-state index is 10.3. The third kappa shape index (κ3) is 54.8. The van der Waals surface area contributed by atoms with Crippen LogP contribution in [0.4, 0.5) is 0 Å². The summed E-state index contributed by atoms with van der Waals surface area (Å²) < 4.78 is 0. The normalized spacial score (nSPS) is 9.50. The van der Waals surface area contributed by atoms with Crippen LogP contribution in [0.1, 0.15) is 161 Å². The van der Waals surface area contributed by atoms with Gasteiger partial charge in [-0.25, -0.2) is 0 Å². The predicted molar refractivity (Wildman–Crippen MR) is 161 cm³/mol. The highest BCUT2D eigenvalue weighted by molar-refractivity contribution is 5.67. The lowest BCUT2D eigenvalue weighted by molar-refractivity contribution is -0.138. The largest absolute Gasteiger partial charge is 0.481 e. The summed E-state index contributed by atoms with van der Waals surface area (Å²) in [6, 6.07) is 0. The molecular formula is C30H64N2O6. The highest BCUT2D eigenvalue weighted by Crippen LogP contribution is 2.13. The van der Waals surface area contributed by atoms with Gasteiger partial charge in [-0.2, -0.15) is 0 Å².